The summed E-state index contributed by atoms with van der Waals surface area (Å²) in [7, 11) is -1.91. The molecule has 21 heavy (non-hydrogen) atoms. The van der Waals surface area contributed by atoms with Gasteiger partial charge in [0.15, 0.2) is 9.55 Å². The maximum atomic E-state index is 12.0. The molecule has 0 fully saturated rings. The lowest BCUT2D eigenvalue weighted by molar-refractivity contribution is 0.0987. The number of sulfonamides is 1. The predicted molar refractivity (Wildman–Crippen MR) is 94.5 cm³/mol. The number of nitrogens with zero attached hydrogens (tertiary/aromatic N) is 1. The van der Waals surface area contributed by atoms with Crippen molar-refractivity contribution < 1.29 is 17.6 Å². The summed E-state index contributed by atoms with van der Waals surface area (Å²) in [5, 5.41) is 0.684. The van der Waals surface area contributed by atoms with Crippen molar-refractivity contribution in [2.24, 2.45) is 0 Å². The van der Waals surface area contributed by atoms with Gasteiger partial charge in [-0.2, -0.15) is 0 Å². The van der Waals surface area contributed by atoms with Crippen molar-refractivity contribution in [3.63, 3.8) is 0 Å². The fourth-order valence-electron chi connectivity index (χ4n) is 1.93. The van der Waals surface area contributed by atoms with Gasteiger partial charge in [0.2, 0.25) is 10.0 Å². The van der Waals surface area contributed by atoms with Gasteiger partial charge in [0.1, 0.15) is 5.58 Å². The molecule has 2 rings (SSSR count). The van der Waals surface area contributed by atoms with E-state index in [0.29, 0.717) is 36.9 Å². The van der Waals surface area contributed by atoms with Gasteiger partial charge in [0.25, 0.3) is 0 Å². The summed E-state index contributed by atoms with van der Waals surface area (Å²) in [6.45, 7) is 1.79. The molecule has 0 aliphatic heterocycles. The van der Waals surface area contributed by atoms with Crippen LogP contribution in [0.4, 0.5) is 5.69 Å². The van der Waals surface area contributed by atoms with Crippen LogP contribution >= 0.6 is 38.5 Å². The Balaban J connectivity index is 2.72. The molecule has 0 bridgehead atoms. The molecule has 0 radical (unpaired) electrons. The largest absolute Gasteiger partial charge is 0.449 e. The minimum atomic E-state index is -3.38. The minimum Gasteiger partial charge on any atom is -0.449 e. The molecule has 0 N–H and O–H groups in total. The number of benzene rings is 1. The monoisotopic (exact) mass is 485 g/mol. The molecule has 0 aliphatic rings. The van der Waals surface area contributed by atoms with Crippen LogP contribution in [-0.4, -0.2) is 27.5 Å². The Morgan fingerprint density at radius 2 is 2.05 bits per heavy atom. The van der Waals surface area contributed by atoms with Crippen LogP contribution in [0.1, 0.15) is 23.7 Å². The topological polar surface area (TPSA) is 67.6 Å². The fourth-order valence-corrected chi connectivity index (χ4v) is 4.00. The SMILES string of the molecule is CCC(=O)c1c(I)oc2cc(N(C)S(C)(=O)=O)c(Br)cc12. The van der Waals surface area contributed by atoms with Gasteiger partial charge in [-0.05, 0) is 22.0 Å². The standard InChI is InChI=1S/C13H13BrINO4S/c1-4-10(17)12-7-5-8(14)9(16(2)21(3,18)19)6-11(7)20-13(12)15/h5-6H,4H2,1-3H3. The maximum Gasteiger partial charge on any atom is 0.232 e. The lowest BCUT2D eigenvalue weighted by atomic mass is 10.1. The van der Waals surface area contributed by atoms with E-state index in [1.807, 2.05) is 22.6 Å². The van der Waals surface area contributed by atoms with E-state index >= 15 is 0 Å². The average molecular weight is 486 g/mol. The van der Waals surface area contributed by atoms with Crippen molar-refractivity contribution in [2.75, 3.05) is 17.6 Å². The first-order chi connectivity index (χ1) is 9.66. The van der Waals surface area contributed by atoms with Crippen LogP contribution in [0.2, 0.25) is 0 Å². The van der Waals surface area contributed by atoms with Gasteiger partial charge in [-0.1, -0.05) is 6.92 Å². The fraction of sp³-hybridized carbons (Fsp3) is 0.308. The molecule has 0 saturated carbocycles. The number of hydrogen-bond donors (Lipinski definition) is 0. The van der Waals surface area contributed by atoms with Gasteiger partial charge in [0, 0.05) is 52.0 Å². The third kappa shape index (κ3) is 3.11. The second-order valence-corrected chi connectivity index (χ2v) is 8.41. The van der Waals surface area contributed by atoms with Crippen LogP contribution in [0, 0.1) is 3.77 Å². The van der Waals surface area contributed by atoms with E-state index in [1.165, 1.54) is 7.05 Å². The zero-order chi connectivity index (χ0) is 15.9. The summed E-state index contributed by atoms with van der Waals surface area (Å²) in [5.41, 5.74) is 1.50. The van der Waals surface area contributed by atoms with Gasteiger partial charge in [-0.15, -0.1) is 0 Å². The highest BCUT2D eigenvalue weighted by molar-refractivity contribution is 14.1. The van der Waals surface area contributed by atoms with Crippen LogP contribution in [0.5, 0.6) is 0 Å². The van der Waals surface area contributed by atoms with Crippen molar-refractivity contribution in [3.05, 3.63) is 25.9 Å². The molecule has 1 aromatic heterocycles. The van der Waals surface area contributed by atoms with Crippen molar-refractivity contribution in [1.29, 1.82) is 0 Å². The highest BCUT2D eigenvalue weighted by atomic mass is 127. The first kappa shape index (κ1) is 16.8. The smallest absolute Gasteiger partial charge is 0.232 e. The Bertz CT molecular complexity index is 828. The third-order valence-corrected chi connectivity index (χ3v) is 5.74. The Morgan fingerprint density at radius 1 is 1.43 bits per heavy atom. The van der Waals surface area contributed by atoms with Crippen LogP contribution in [0.25, 0.3) is 11.0 Å². The van der Waals surface area contributed by atoms with Crippen molar-refractivity contribution in [1.82, 2.24) is 0 Å². The van der Waals surface area contributed by atoms with Crippen LogP contribution in [0.3, 0.4) is 0 Å². The molecule has 8 heteroatoms. The number of ketones is 1. The Kier molecular flexibility index (Phi) is 4.69. The zero-order valence-corrected chi connectivity index (χ0v) is 16.2. The number of carbonyl (C=O) groups is 1. The van der Waals surface area contributed by atoms with E-state index in [0.717, 1.165) is 10.6 Å². The van der Waals surface area contributed by atoms with Gasteiger partial charge in [-0.25, -0.2) is 8.42 Å². The molecule has 2 aromatic rings. The lowest BCUT2D eigenvalue weighted by Crippen LogP contribution is -2.25. The van der Waals surface area contributed by atoms with E-state index < -0.39 is 10.0 Å². The number of anilines is 1. The molecule has 0 amide bonds. The predicted octanol–water partition coefficient (Wildman–Crippen LogP) is 3.79. The van der Waals surface area contributed by atoms with Gasteiger partial charge < -0.3 is 4.42 Å². The molecule has 0 saturated heterocycles. The Labute approximate surface area is 145 Å². The van der Waals surface area contributed by atoms with E-state index in [9.17, 15) is 13.2 Å². The molecule has 114 valence electrons. The third-order valence-electron chi connectivity index (χ3n) is 3.15. The van der Waals surface area contributed by atoms with Crippen molar-refractivity contribution in [3.8, 4) is 0 Å². The molecular weight excluding hydrogens is 473 g/mol. The average Bonchev–Trinajstić information content (AvgIpc) is 2.70. The van der Waals surface area contributed by atoms with E-state index in [1.54, 1.807) is 19.1 Å². The lowest BCUT2D eigenvalue weighted by Gasteiger charge is -2.18. The number of carbonyl (C=O) groups excluding carboxylic acids is 1. The summed E-state index contributed by atoms with van der Waals surface area (Å²) in [6, 6.07) is 3.34. The van der Waals surface area contributed by atoms with E-state index in [4.69, 9.17) is 4.42 Å². The second kappa shape index (κ2) is 5.88. The van der Waals surface area contributed by atoms with Crippen molar-refractivity contribution >= 4 is 71.0 Å². The first-order valence-corrected chi connectivity index (χ1v) is 9.77. The highest BCUT2D eigenvalue weighted by Crippen LogP contribution is 2.36. The molecule has 5 nitrogen and oxygen atoms in total. The summed E-state index contributed by atoms with van der Waals surface area (Å²) in [6.07, 6.45) is 1.51. The van der Waals surface area contributed by atoms with E-state index in [-0.39, 0.29) is 5.78 Å². The summed E-state index contributed by atoms with van der Waals surface area (Å²) in [4.78, 5) is 12.0. The summed E-state index contributed by atoms with van der Waals surface area (Å²) < 4.78 is 31.2. The maximum absolute atomic E-state index is 12.0. The molecular formula is C13H13BrINO4S. The zero-order valence-electron chi connectivity index (χ0n) is 11.6. The van der Waals surface area contributed by atoms with E-state index in [2.05, 4.69) is 15.9 Å². The molecule has 1 aromatic carbocycles. The van der Waals surface area contributed by atoms with Gasteiger partial charge in [0.05, 0.1) is 17.5 Å². The Morgan fingerprint density at radius 3 is 2.57 bits per heavy atom. The molecule has 0 spiro atoms. The number of Topliss-reactive ketones (excluding diaryl/α,β-unsaturated/α-hetero) is 1. The quantitative estimate of drug-likeness (QED) is 0.488. The minimum absolute atomic E-state index is 0.00531. The summed E-state index contributed by atoms with van der Waals surface area (Å²) in [5.74, 6) is -0.00531. The normalized spacial score (nSPS) is 11.9. The summed E-state index contributed by atoms with van der Waals surface area (Å²) >= 11 is 5.34. The van der Waals surface area contributed by atoms with Crippen LogP contribution in [0.15, 0.2) is 21.0 Å². The first-order valence-electron chi connectivity index (χ1n) is 6.05. The number of halogens is 2. The highest BCUT2D eigenvalue weighted by Gasteiger charge is 2.22. The number of rotatable bonds is 4. The molecule has 0 aliphatic carbocycles. The molecule has 0 unspecified atom stereocenters. The molecule has 0 atom stereocenters. The van der Waals surface area contributed by atoms with Crippen molar-refractivity contribution in [2.45, 2.75) is 13.3 Å². The van der Waals surface area contributed by atoms with Gasteiger partial charge in [-0.3, -0.25) is 9.10 Å². The van der Waals surface area contributed by atoms with Gasteiger partial charge >= 0.3 is 0 Å². The Hall–Kier alpha value is -0.610. The number of hydrogen-bond acceptors (Lipinski definition) is 4. The molecule has 1 heterocycles. The number of fused-ring (bicyclic) bond motifs is 1. The second-order valence-electron chi connectivity index (χ2n) is 4.56. The van der Waals surface area contributed by atoms with Crippen LogP contribution < -0.4 is 4.31 Å². The number of furan rings is 1. The van der Waals surface area contributed by atoms with Crippen LogP contribution in [-0.2, 0) is 10.0 Å².